The lowest BCUT2D eigenvalue weighted by molar-refractivity contribution is -0.383. The number of nitro benzene ring substituents is 1. The average molecular weight is 228 g/mol. The monoisotopic (exact) mass is 227 g/mol. The van der Waals surface area contributed by atoms with Crippen LogP contribution in [0.5, 0.6) is 0 Å². The first-order valence-corrected chi connectivity index (χ1v) is 4.37. The van der Waals surface area contributed by atoms with Crippen molar-refractivity contribution in [2.24, 2.45) is 0 Å². The second kappa shape index (κ2) is 3.71. The molecule has 0 bridgehead atoms. The van der Waals surface area contributed by atoms with Crippen LogP contribution in [0.3, 0.4) is 0 Å². The van der Waals surface area contributed by atoms with Crippen LogP contribution < -0.4 is 5.46 Å². The van der Waals surface area contributed by atoms with E-state index < -0.39 is 0 Å². The number of hydrogen-bond donors (Lipinski definition) is 0. The van der Waals surface area contributed by atoms with Crippen molar-refractivity contribution in [3.63, 3.8) is 0 Å². The first-order valence-electron chi connectivity index (χ1n) is 3.58. The van der Waals surface area contributed by atoms with E-state index >= 15 is 0 Å². The Kier molecular flexibility index (Phi) is 2.86. The SMILES string of the molecule is CBc1ccc(Br)cc1[N+](=O)[O-]. The van der Waals surface area contributed by atoms with Crippen molar-refractivity contribution in [2.75, 3.05) is 0 Å². The molecule has 0 aliphatic heterocycles. The molecule has 0 heterocycles. The first kappa shape index (κ1) is 9.25. The molecule has 0 saturated heterocycles. The van der Waals surface area contributed by atoms with Gasteiger partial charge >= 0.3 is 0 Å². The van der Waals surface area contributed by atoms with E-state index in [9.17, 15) is 10.1 Å². The summed E-state index contributed by atoms with van der Waals surface area (Å²) in [6, 6.07) is 5.10. The van der Waals surface area contributed by atoms with Gasteiger partial charge in [0, 0.05) is 10.5 Å². The minimum Gasteiger partial charge on any atom is -0.258 e. The first-order chi connectivity index (χ1) is 5.65. The maximum absolute atomic E-state index is 10.5. The summed E-state index contributed by atoms with van der Waals surface area (Å²) in [7, 11) is 0.684. The Hall–Kier alpha value is -0.835. The molecule has 62 valence electrons. The van der Waals surface area contributed by atoms with Gasteiger partial charge in [-0.25, -0.2) is 0 Å². The van der Waals surface area contributed by atoms with Crippen molar-refractivity contribution >= 4 is 34.4 Å². The zero-order valence-corrected chi connectivity index (χ0v) is 8.17. The Morgan fingerprint density at radius 3 is 2.75 bits per heavy atom. The number of rotatable bonds is 2. The number of benzene rings is 1. The van der Waals surface area contributed by atoms with Gasteiger partial charge in [0.1, 0.15) is 0 Å². The predicted molar refractivity (Wildman–Crippen MR) is 53.4 cm³/mol. The van der Waals surface area contributed by atoms with Crippen LogP contribution in [0.25, 0.3) is 0 Å². The lowest BCUT2D eigenvalue weighted by Gasteiger charge is -1.98. The Morgan fingerprint density at radius 1 is 1.58 bits per heavy atom. The summed E-state index contributed by atoms with van der Waals surface area (Å²) in [6.45, 7) is 1.90. The Morgan fingerprint density at radius 2 is 2.25 bits per heavy atom. The van der Waals surface area contributed by atoms with E-state index in [-0.39, 0.29) is 10.6 Å². The van der Waals surface area contributed by atoms with Crippen LogP contribution in [-0.2, 0) is 0 Å². The van der Waals surface area contributed by atoms with Crippen molar-refractivity contribution in [3.05, 3.63) is 32.8 Å². The fourth-order valence-corrected chi connectivity index (χ4v) is 1.35. The molecule has 1 aromatic carbocycles. The zero-order valence-electron chi connectivity index (χ0n) is 6.58. The van der Waals surface area contributed by atoms with Crippen LogP contribution in [0.2, 0.25) is 6.82 Å². The van der Waals surface area contributed by atoms with Gasteiger partial charge < -0.3 is 0 Å². The van der Waals surface area contributed by atoms with Gasteiger partial charge in [0.25, 0.3) is 5.69 Å². The highest BCUT2D eigenvalue weighted by Gasteiger charge is 2.11. The van der Waals surface area contributed by atoms with Crippen LogP contribution in [-0.4, -0.2) is 12.2 Å². The van der Waals surface area contributed by atoms with Crippen LogP contribution in [0.1, 0.15) is 0 Å². The van der Waals surface area contributed by atoms with E-state index in [1.165, 1.54) is 6.07 Å². The molecule has 0 N–H and O–H groups in total. The molecule has 0 radical (unpaired) electrons. The normalized spacial score (nSPS) is 9.50. The third-order valence-corrected chi connectivity index (χ3v) is 2.12. The molecule has 1 aromatic rings. The summed E-state index contributed by atoms with van der Waals surface area (Å²) >= 11 is 3.19. The number of nitro groups is 1. The molecule has 0 aliphatic rings. The summed E-state index contributed by atoms with van der Waals surface area (Å²) < 4.78 is 0.742. The summed E-state index contributed by atoms with van der Waals surface area (Å²) in [5.74, 6) is 0. The van der Waals surface area contributed by atoms with E-state index in [0.29, 0.717) is 7.28 Å². The van der Waals surface area contributed by atoms with E-state index in [1.807, 2.05) is 12.9 Å². The molecule has 12 heavy (non-hydrogen) atoms. The summed E-state index contributed by atoms with van der Waals surface area (Å²) in [5.41, 5.74) is 0.954. The second-order valence-corrected chi connectivity index (χ2v) is 3.30. The minimum absolute atomic E-state index is 0.187. The summed E-state index contributed by atoms with van der Waals surface area (Å²) in [5, 5.41) is 10.5. The number of halogens is 1. The molecule has 0 aromatic heterocycles. The van der Waals surface area contributed by atoms with Crippen molar-refractivity contribution in [1.29, 1.82) is 0 Å². The molecular formula is C7H7BBrNO2. The molecule has 5 heteroatoms. The van der Waals surface area contributed by atoms with Crippen molar-refractivity contribution in [2.45, 2.75) is 6.82 Å². The van der Waals surface area contributed by atoms with E-state index in [4.69, 9.17) is 0 Å². The van der Waals surface area contributed by atoms with Gasteiger partial charge in [0.2, 0.25) is 0 Å². The van der Waals surface area contributed by atoms with Gasteiger partial charge in [-0.3, -0.25) is 10.1 Å². The highest BCUT2D eigenvalue weighted by molar-refractivity contribution is 9.10. The Balaban J connectivity index is 3.21. The standard InChI is InChI=1S/C7H7BBrNO2/c1-8-6-3-2-5(9)4-7(6)10(11)12/h2-4,8H,1H3. The highest BCUT2D eigenvalue weighted by Crippen LogP contribution is 2.15. The van der Waals surface area contributed by atoms with Gasteiger partial charge in [-0.05, 0) is 11.5 Å². The van der Waals surface area contributed by atoms with Crippen LogP contribution >= 0.6 is 15.9 Å². The predicted octanol–water partition coefficient (Wildman–Crippen LogP) is 1.47. The lowest BCUT2D eigenvalue weighted by atomic mass is 9.72. The number of hydrogen-bond acceptors (Lipinski definition) is 2. The molecule has 0 saturated carbocycles. The molecule has 1 rings (SSSR count). The smallest absolute Gasteiger partial charge is 0.258 e. The van der Waals surface area contributed by atoms with Gasteiger partial charge in [0.15, 0.2) is 7.28 Å². The third-order valence-electron chi connectivity index (χ3n) is 1.62. The molecular weight excluding hydrogens is 221 g/mol. The van der Waals surface area contributed by atoms with Gasteiger partial charge in [-0.1, -0.05) is 28.8 Å². The largest absolute Gasteiger partial charge is 0.264 e. The van der Waals surface area contributed by atoms with Crippen molar-refractivity contribution in [1.82, 2.24) is 0 Å². The molecule has 0 unspecified atom stereocenters. The molecule has 3 nitrogen and oxygen atoms in total. The van der Waals surface area contributed by atoms with E-state index in [2.05, 4.69) is 15.9 Å². The fraction of sp³-hybridized carbons (Fsp3) is 0.143. The van der Waals surface area contributed by atoms with Crippen molar-refractivity contribution < 1.29 is 4.92 Å². The highest BCUT2D eigenvalue weighted by atomic mass is 79.9. The van der Waals surface area contributed by atoms with Crippen LogP contribution in [0.15, 0.2) is 22.7 Å². The van der Waals surface area contributed by atoms with Crippen LogP contribution in [0.4, 0.5) is 5.69 Å². The fourth-order valence-electron chi connectivity index (χ4n) is 1.01. The number of nitrogens with zero attached hydrogens (tertiary/aromatic N) is 1. The Bertz CT molecular complexity index is 316. The quantitative estimate of drug-likeness (QED) is 0.436. The summed E-state index contributed by atoms with van der Waals surface area (Å²) in [6.07, 6.45) is 0. The van der Waals surface area contributed by atoms with Gasteiger partial charge in [0.05, 0.1) is 4.92 Å². The third kappa shape index (κ3) is 1.85. The minimum atomic E-state index is -0.358. The van der Waals surface area contributed by atoms with E-state index in [0.717, 1.165) is 9.94 Å². The maximum Gasteiger partial charge on any atom is 0.264 e. The topological polar surface area (TPSA) is 43.1 Å². The van der Waals surface area contributed by atoms with E-state index in [1.54, 1.807) is 6.07 Å². The van der Waals surface area contributed by atoms with Crippen molar-refractivity contribution in [3.8, 4) is 0 Å². The maximum atomic E-state index is 10.5. The van der Waals surface area contributed by atoms with Crippen LogP contribution in [0, 0.1) is 10.1 Å². The van der Waals surface area contributed by atoms with Gasteiger partial charge in [-0.2, -0.15) is 0 Å². The average Bonchev–Trinajstić information content (AvgIpc) is 2.04. The molecule has 0 aliphatic carbocycles. The Labute approximate surface area is 79.3 Å². The summed E-state index contributed by atoms with van der Waals surface area (Å²) in [4.78, 5) is 10.2. The second-order valence-electron chi connectivity index (χ2n) is 2.38. The lowest BCUT2D eigenvalue weighted by Crippen LogP contribution is -2.15. The molecule has 0 amide bonds. The zero-order chi connectivity index (χ0) is 9.14. The molecule has 0 spiro atoms. The van der Waals surface area contributed by atoms with Gasteiger partial charge in [-0.15, -0.1) is 0 Å². The molecule has 0 fully saturated rings. The molecule has 0 atom stereocenters.